The minimum Gasteiger partial charge on any atom is -0.312 e. The van der Waals surface area contributed by atoms with Crippen molar-refractivity contribution in [1.29, 1.82) is 0 Å². The Balaban J connectivity index is 2.21. The average molecular weight is 295 g/mol. The monoisotopic (exact) mass is 295 g/mol. The van der Waals surface area contributed by atoms with Crippen LogP contribution in [0.3, 0.4) is 0 Å². The third-order valence-corrected chi connectivity index (χ3v) is 5.65. The van der Waals surface area contributed by atoms with Gasteiger partial charge in [-0.25, -0.2) is 0 Å². The molecule has 0 radical (unpaired) electrons. The number of aromatic nitrogens is 1. The first-order valence-corrected chi connectivity index (χ1v) is 8.85. The highest BCUT2D eigenvalue weighted by atomic mass is 32.1. The van der Waals surface area contributed by atoms with Crippen LogP contribution >= 0.6 is 11.3 Å². The fraction of sp³-hybridized carbons (Fsp3) is 0.812. The summed E-state index contributed by atoms with van der Waals surface area (Å²) < 4.78 is 0. The van der Waals surface area contributed by atoms with E-state index in [1.165, 1.54) is 43.4 Å². The molecular formula is C16H29N3S. The van der Waals surface area contributed by atoms with Gasteiger partial charge in [0.2, 0.25) is 0 Å². The SMILES string of the molecule is CCNC(Cc1cncs1)C1(N(C)C)CCCCCC1. The van der Waals surface area contributed by atoms with E-state index in [0.717, 1.165) is 13.0 Å². The van der Waals surface area contributed by atoms with E-state index in [0.29, 0.717) is 11.6 Å². The van der Waals surface area contributed by atoms with Crippen molar-refractivity contribution in [3.63, 3.8) is 0 Å². The minimum atomic E-state index is 0.302. The lowest BCUT2D eigenvalue weighted by molar-refractivity contribution is 0.0811. The average Bonchev–Trinajstić information content (AvgIpc) is 2.80. The molecule has 1 fully saturated rings. The Morgan fingerprint density at radius 1 is 1.30 bits per heavy atom. The molecule has 0 saturated heterocycles. The molecule has 1 unspecified atom stereocenters. The molecule has 1 aliphatic rings. The molecule has 1 aromatic heterocycles. The second-order valence-corrected chi connectivity index (χ2v) is 7.17. The van der Waals surface area contributed by atoms with Crippen molar-refractivity contribution in [3.05, 3.63) is 16.6 Å². The summed E-state index contributed by atoms with van der Waals surface area (Å²) in [6.07, 6.45) is 11.3. The van der Waals surface area contributed by atoms with Crippen LogP contribution in [-0.2, 0) is 6.42 Å². The lowest BCUT2D eigenvalue weighted by atomic mass is 9.79. The first kappa shape index (κ1) is 15.9. The number of rotatable bonds is 6. The summed E-state index contributed by atoms with van der Waals surface area (Å²) in [4.78, 5) is 8.14. The van der Waals surface area contributed by atoms with E-state index >= 15 is 0 Å². The molecule has 20 heavy (non-hydrogen) atoms. The first-order valence-electron chi connectivity index (χ1n) is 7.97. The number of likely N-dealkylation sites (N-methyl/N-ethyl adjacent to an activating group) is 2. The van der Waals surface area contributed by atoms with Gasteiger partial charge >= 0.3 is 0 Å². The van der Waals surface area contributed by atoms with Crippen LogP contribution in [0, 0.1) is 0 Å². The van der Waals surface area contributed by atoms with Gasteiger partial charge in [0.15, 0.2) is 0 Å². The Hall–Kier alpha value is -0.450. The van der Waals surface area contributed by atoms with E-state index in [1.54, 1.807) is 11.3 Å². The quantitative estimate of drug-likeness (QED) is 0.816. The van der Waals surface area contributed by atoms with Crippen LogP contribution in [0.4, 0.5) is 0 Å². The van der Waals surface area contributed by atoms with Gasteiger partial charge in [0.1, 0.15) is 0 Å². The van der Waals surface area contributed by atoms with Gasteiger partial charge < -0.3 is 10.2 Å². The summed E-state index contributed by atoms with van der Waals surface area (Å²) >= 11 is 1.79. The highest BCUT2D eigenvalue weighted by molar-refractivity contribution is 7.09. The molecular weight excluding hydrogens is 266 g/mol. The maximum Gasteiger partial charge on any atom is 0.0794 e. The molecule has 1 N–H and O–H groups in total. The van der Waals surface area contributed by atoms with Crippen molar-refractivity contribution in [2.75, 3.05) is 20.6 Å². The molecule has 114 valence electrons. The fourth-order valence-corrected chi connectivity index (χ4v) is 4.33. The van der Waals surface area contributed by atoms with E-state index in [9.17, 15) is 0 Å². The zero-order valence-electron chi connectivity index (χ0n) is 13.2. The number of nitrogens with zero attached hydrogens (tertiary/aromatic N) is 2. The summed E-state index contributed by atoms with van der Waals surface area (Å²) in [6, 6.07) is 0.529. The van der Waals surface area contributed by atoms with Crippen molar-refractivity contribution in [3.8, 4) is 0 Å². The molecule has 1 aliphatic carbocycles. The molecule has 0 amide bonds. The normalized spacial score (nSPS) is 20.8. The van der Waals surface area contributed by atoms with Crippen molar-refractivity contribution in [1.82, 2.24) is 15.2 Å². The highest BCUT2D eigenvalue weighted by Crippen LogP contribution is 2.35. The molecule has 0 aromatic carbocycles. The molecule has 1 heterocycles. The van der Waals surface area contributed by atoms with Gasteiger partial charge in [-0.2, -0.15) is 0 Å². The van der Waals surface area contributed by atoms with Crippen LogP contribution in [0.5, 0.6) is 0 Å². The van der Waals surface area contributed by atoms with Crippen LogP contribution in [0.2, 0.25) is 0 Å². The zero-order valence-corrected chi connectivity index (χ0v) is 14.0. The molecule has 0 bridgehead atoms. The van der Waals surface area contributed by atoms with Gasteiger partial charge in [-0.15, -0.1) is 11.3 Å². The largest absolute Gasteiger partial charge is 0.312 e. The lowest BCUT2D eigenvalue weighted by Gasteiger charge is -2.46. The van der Waals surface area contributed by atoms with Crippen LogP contribution in [0.25, 0.3) is 0 Å². The molecule has 1 aromatic rings. The molecule has 2 rings (SSSR count). The minimum absolute atomic E-state index is 0.302. The van der Waals surface area contributed by atoms with Gasteiger partial charge in [-0.1, -0.05) is 32.6 Å². The zero-order chi connectivity index (χ0) is 14.4. The number of nitrogens with one attached hydrogen (secondary N) is 1. The number of hydrogen-bond donors (Lipinski definition) is 1. The molecule has 1 saturated carbocycles. The van der Waals surface area contributed by atoms with Crippen LogP contribution in [-0.4, -0.2) is 42.1 Å². The standard InChI is InChI=1S/C16H29N3S/c1-4-18-15(11-14-12-17-13-20-14)16(19(2)3)9-7-5-6-8-10-16/h12-13,15,18H,4-11H2,1-3H3. The van der Waals surface area contributed by atoms with Gasteiger partial charge in [-0.3, -0.25) is 4.98 Å². The van der Waals surface area contributed by atoms with Crippen molar-refractivity contribution in [2.24, 2.45) is 0 Å². The van der Waals surface area contributed by atoms with Crippen LogP contribution in [0.15, 0.2) is 11.7 Å². The highest BCUT2D eigenvalue weighted by Gasteiger charge is 2.40. The van der Waals surface area contributed by atoms with Crippen molar-refractivity contribution in [2.45, 2.75) is 63.5 Å². The van der Waals surface area contributed by atoms with Gasteiger partial charge in [0, 0.05) is 29.1 Å². The van der Waals surface area contributed by atoms with E-state index in [-0.39, 0.29) is 0 Å². The Kier molecular flexibility index (Phi) is 6.00. The topological polar surface area (TPSA) is 28.2 Å². The van der Waals surface area contributed by atoms with Gasteiger partial charge in [0.05, 0.1) is 5.51 Å². The molecule has 3 nitrogen and oxygen atoms in total. The molecule has 1 atom stereocenters. The summed E-state index contributed by atoms with van der Waals surface area (Å²) in [5.74, 6) is 0. The second kappa shape index (κ2) is 7.53. The second-order valence-electron chi connectivity index (χ2n) is 6.19. The third kappa shape index (κ3) is 3.60. The lowest BCUT2D eigenvalue weighted by Crippen LogP contribution is -2.59. The third-order valence-electron chi connectivity index (χ3n) is 4.85. The van der Waals surface area contributed by atoms with Crippen LogP contribution < -0.4 is 5.32 Å². The van der Waals surface area contributed by atoms with E-state index in [4.69, 9.17) is 0 Å². The van der Waals surface area contributed by atoms with Crippen molar-refractivity contribution >= 4 is 11.3 Å². The van der Waals surface area contributed by atoms with Gasteiger partial charge in [0.25, 0.3) is 0 Å². The smallest absolute Gasteiger partial charge is 0.0794 e. The fourth-order valence-electron chi connectivity index (χ4n) is 3.69. The maximum atomic E-state index is 4.24. The number of thiazole rings is 1. The summed E-state index contributed by atoms with van der Waals surface area (Å²) in [7, 11) is 4.53. The van der Waals surface area contributed by atoms with Crippen LogP contribution in [0.1, 0.15) is 50.3 Å². The Bertz CT molecular complexity index is 367. The van der Waals surface area contributed by atoms with E-state index < -0.39 is 0 Å². The predicted molar refractivity (Wildman–Crippen MR) is 87.4 cm³/mol. The van der Waals surface area contributed by atoms with Gasteiger partial charge in [-0.05, 0) is 33.5 Å². The molecule has 4 heteroatoms. The maximum absolute atomic E-state index is 4.24. The predicted octanol–water partition coefficient (Wildman–Crippen LogP) is 3.32. The van der Waals surface area contributed by atoms with E-state index in [2.05, 4.69) is 36.2 Å². The summed E-state index contributed by atoms with van der Waals surface area (Å²) in [6.45, 7) is 3.26. The van der Waals surface area contributed by atoms with E-state index in [1.807, 2.05) is 11.7 Å². The molecule has 0 spiro atoms. The Morgan fingerprint density at radius 2 is 2.00 bits per heavy atom. The summed E-state index contributed by atoms with van der Waals surface area (Å²) in [5.41, 5.74) is 2.25. The van der Waals surface area contributed by atoms with Crippen molar-refractivity contribution < 1.29 is 0 Å². The summed E-state index contributed by atoms with van der Waals surface area (Å²) in [5, 5.41) is 3.78. The Morgan fingerprint density at radius 3 is 2.50 bits per heavy atom. The first-order chi connectivity index (χ1) is 9.69. The Labute approximate surface area is 127 Å². The number of hydrogen-bond acceptors (Lipinski definition) is 4. The molecule has 0 aliphatic heterocycles.